The van der Waals surface area contributed by atoms with Crippen molar-refractivity contribution in [1.82, 2.24) is 4.90 Å². The van der Waals surface area contributed by atoms with Crippen LogP contribution in [0.5, 0.6) is 0 Å². The molecule has 1 aliphatic rings. The number of rotatable bonds is 7. The van der Waals surface area contributed by atoms with Crippen molar-refractivity contribution in [2.45, 2.75) is 20.3 Å². The van der Waals surface area contributed by atoms with Gasteiger partial charge in [0.25, 0.3) is 0 Å². The second kappa shape index (κ2) is 6.08. The van der Waals surface area contributed by atoms with Gasteiger partial charge in [-0.1, -0.05) is 13.8 Å². The van der Waals surface area contributed by atoms with E-state index in [2.05, 4.69) is 11.8 Å². The van der Waals surface area contributed by atoms with E-state index in [9.17, 15) is 4.79 Å². The number of nitrogens with zero attached hydrogens (tertiary/aromatic N) is 1. The zero-order valence-electron chi connectivity index (χ0n) is 9.61. The molecule has 1 unspecified atom stereocenters. The molecule has 0 saturated carbocycles. The van der Waals surface area contributed by atoms with Crippen LogP contribution >= 0.6 is 0 Å². The highest BCUT2D eigenvalue weighted by Crippen LogP contribution is 2.23. The Labute approximate surface area is 91.2 Å². The van der Waals surface area contributed by atoms with Crippen LogP contribution in [0.25, 0.3) is 0 Å². The van der Waals surface area contributed by atoms with Gasteiger partial charge in [0.2, 0.25) is 0 Å². The summed E-state index contributed by atoms with van der Waals surface area (Å²) >= 11 is 0. The second-order valence-corrected chi connectivity index (χ2v) is 4.26. The Morgan fingerprint density at radius 2 is 2.20 bits per heavy atom. The summed E-state index contributed by atoms with van der Waals surface area (Å²) in [6.07, 6.45) is 1.05. The Morgan fingerprint density at radius 3 is 2.73 bits per heavy atom. The minimum absolute atomic E-state index is 0.210. The van der Waals surface area contributed by atoms with E-state index in [-0.39, 0.29) is 5.92 Å². The number of carboxylic acids is 1. The number of carbonyl (C=O) groups is 1. The topological polar surface area (TPSA) is 49.8 Å². The first-order valence-electron chi connectivity index (χ1n) is 5.68. The number of carboxylic acid groups (broad SMARTS) is 1. The van der Waals surface area contributed by atoms with Crippen molar-refractivity contribution in [3.8, 4) is 0 Å². The molecule has 0 aliphatic carbocycles. The summed E-state index contributed by atoms with van der Waals surface area (Å²) in [6.45, 7) is 8.21. The maximum atomic E-state index is 10.7. The molecule has 1 aliphatic heterocycles. The summed E-state index contributed by atoms with van der Waals surface area (Å²) in [5.41, 5.74) is 0. The maximum absolute atomic E-state index is 10.7. The Morgan fingerprint density at radius 1 is 1.53 bits per heavy atom. The van der Waals surface area contributed by atoms with Crippen molar-refractivity contribution >= 4 is 5.97 Å². The summed E-state index contributed by atoms with van der Waals surface area (Å²) in [5, 5.41) is 8.81. The van der Waals surface area contributed by atoms with Gasteiger partial charge in [-0.2, -0.15) is 0 Å². The lowest BCUT2D eigenvalue weighted by molar-refractivity contribution is -0.145. The first kappa shape index (κ1) is 12.5. The van der Waals surface area contributed by atoms with Gasteiger partial charge in [-0.3, -0.25) is 4.79 Å². The van der Waals surface area contributed by atoms with Crippen molar-refractivity contribution in [3.63, 3.8) is 0 Å². The van der Waals surface area contributed by atoms with Gasteiger partial charge < -0.3 is 14.7 Å². The molecule has 0 aromatic rings. The van der Waals surface area contributed by atoms with Gasteiger partial charge in [0.1, 0.15) is 0 Å². The van der Waals surface area contributed by atoms with E-state index in [4.69, 9.17) is 9.84 Å². The van der Waals surface area contributed by atoms with Crippen LogP contribution in [-0.2, 0) is 9.53 Å². The van der Waals surface area contributed by atoms with Gasteiger partial charge >= 0.3 is 5.97 Å². The Hall–Kier alpha value is -0.610. The van der Waals surface area contributed by atoms with Crippen LogP contribution in [0.1, 0.15) is 20.3 Å². The van der Waals surface area contributed by atoms with Crippen LogP contribution in [0, 0.1) is 11.8 Å². The fourth-order valence-corrected chi connectivity index (χ4v) is 1.75. The number of likely N-dealkylation sites (tertiary alicyclic amines) is 1. The standard InChI is InChI=1S/C11H21NO3/c1-3-5-15-6-4-12-7-10(8-12)9(2)11(13)14/h9-10H,3-8H2,1-2H3,(H,13,14). The van der Waals surface area contributed by atoms with Crippen LogP contribution in [0.2, 0.25) is 0 Å². The molecule has 1 N–H and O–H groups in total. The van der Waals surface area contributed by atoms with E-state index < -0.39 is 5.97 Å². The van der Waals surface area contributed by atoms with Gasteiger partial charge in [-0.25, -0.2) is 0 Å². The lowest BCUT2D eigenvalue weighted by Gasteiger charge is -2.41. The normalized spacial score (nSPS) is 19.9. The van der Waals surface area contributed by atoms with E-state index in [1.165, 1.54) is 0 Å². The van der Waals surface area contributed by atoms with E-state index in [0.29, 0.717) is 5.92 Å². The van der Waals surface area contributed by atoms with Gasteiger partial charge in [-0.15, -0.1) is 0 Å². The van der Waals surface area contributed by atoms with Gasteiger partial charge in [0.15, 0.2) is 0 Å². The van der Waals surface area contributed by atoms with Crippen molar-refractivity contribution in [1.29, 1.82) is 0 Å². The molecular formula is C11H21NO3. The second-order valence-electron chi connectivity index (χ2n) is 4.26. The van der Waals surface area contributed by atoms with Crippen molar-refractivity contribution < 1.29 is 14.6 Å². The molecule has 1 rings (SSSR count). The highest BCUT2D eigenvalue weighted by atomic mass is 16.5. The molecular weight excluding hydrogens is 194 g/mol. The molecule has 4 nitrogen and oxygen atoms in total. The maximum Gasteiger partial charge on any atom is 0.306 e. The third kappa shape index (κ3) is 3.80. The smallest absolute Gasteiger partial charge is 0.306 e. The highest BCUT2D eigenvalue weighted by Gasteiger charge is 2.33. The minimum Gasteiger partial charge on any atom is -0.481 e. The van der Waals surface area contributed by atoms with E-state index >= 15 is 0 Å². The third-order valence-electron chi connectivity index (χ3n) is 2.98. The monoisotopic (exact) mass is 215 g/mol. The lowest BCUT2D eigenvalue weighted by Crippen LogP contribution is -2.51. The number of aliphatic carboxylic acids is 1. The zero-order chi connectivity index (χ0) is 11.3. The summed E-state index contributed by atoms with van der Waals surface area (Å²) in [7, 11) is 0. The molecule has 0 amide bonds. The molecule has 15 heavy (non-hydrogen) atoms. The number of ether oxygens (including phenoxy) is 1. The molecule has 0 aromatic heterocycles. The molecule has 4 heteroatoms. The van der Waals surface area contributed by atoms with Crippen molar-refractivity contribution in [3.05, 3.63) is 0 Å². The summed E-state index contributed by atoms with van der Waals surface area (Å²) in [6, 6.07) is 0. The third-order valence-corrected chi connectivity index (χ3v) is 2.98. The highest BCUT2D eigenvalue weighted by molar-refractivity contribution is 5.70. The number of hydrogen-bond donors (Lipinski definition) is 1. The van der Waals surface area contributed by atoms with Crippen LogP contribution in [0.4, 0.5) is 0 Å². The minimum atomic E-state index is -0.679. The molecule has 1 fully saturated rings. The van der Waals surface area contributed by atoms with E-state index in [1.807, 2.05) is 0 Å². The first-order chi connectivity index (χ1) is 7.15. The first-order valence-corrected chi connectivity index (χ1v) is 5.68. The molecule has 88 valence electrons. The van der Waals surface area contributed by atoms with Crippen LogP contribution in [0.15, 0.2) is 0 Å². The zero-order valence-corrected chi connectivity index (χ0v) is 9.61. The molecule has 1 heterocycles. The van der Waals surface area contributed by atoms with Crippen molar-refractivity contribution in [2.24, 2.45) is 11.8 Å². The van der Waals surface area contributed by atoms with E-state index in [0.717, 1.165) is 39.3 Å². The lowest BCUT2D eigenvalue weighted by atomic mass is 9.87. The average molecular weight is 215 g/mol. The Bertz CT molecular complexity index is 202. The molecule has 0 aromatic carbocycles. The predicted molar refractivity (Wildman–Crippen MR) is 57.8 cm³/mol. The van der Waals surface area contributed by atoms with E-state index in [1.54, 1.807) is 6.92 Å². The molecule has 0 bridgehead atoms. The van der Waals surface area contributed by atoms with Crippen LogP contribution in [-0.4, -0.2) is 48.8 Å². The molecule has 1 atom stereocenters. The summed E-state index contributed by atoms with van der Waals surface area (Å²) in [5.74, 6) is -0.562. The van der Waals surface area contributed by atoms with Crippen LogP contribution < -0.4 is 0 Å². The molecule has 0 spiro atoms. The predicted octanol–water partition coefficient (Wildman–Crippen LogP) is 1.07. The summed E-state index contributed by atoms with van der Waals surface area (Å²) in [4.78, 5) is 12.9. The summed E-state index contributed by atoms with van der Waals surface area (Å²) < 4.78 is 5.37. The van der Waals surface area contributed by atoms with Gasteiger partial charge in [0.05, 0.1) is 12.5 Å². The molecule has 0 radical (unpaired) electrons. The van der Waals surface area contributed by atoms with Crippen molar-refractivity contribution in [2.75, 3.05) is 32.8 Å². The SMILES string of the molecule is CCCOCCN1CC(C(C)C(=O)O)C1. The average Bonchev–Trinajstić information content (AvgIpc) is 2.13. The Balaban J connectivity index is 2.02. The number of hydrogen-bond acceptors (Lipinski definition) is 3. The largest absolute Gasteiger partial charge is 0.481 e. The van der Waals surface area contributed by atoms with Gasteiger partial charge in [-0.05, 0) is 12.3 Å². The van der Waals surface area contributed by atoms with Crippen LogP contribution in [0.3, 0.4) is 0 Å². The quantitative estimate of drug-likeness (QED) is 0.645. The fraction of sp³-hybridized carbons (Fsp3) is 0.909. The molecule has 1 saturated heterocycles. The Kier molecular flexibility index (Phi) is 5.05. The fourth-order valence-electron chi connectivity index (χ4n) is 1.75. The van der Waals surface area contributed by atoms with Gasteiger partial charge in [0, 0.05) is 26.2 Å².